The van der Waals surface area contributed by atoms with Gasteiger partial charge in [-0.1, -0.05) is 186 Å². The molecule has 0 aliphatic rings. The number of hydrogen-bond acceptors (Lipinski definition) is 7. The van der Waals surface area contributed by atoms with E-state index in [1.54, 1.807) is 31.2 Å². The van der Waals surface area contributed by atoms with Gasteiger partial charge in [-0.2, -0.15) is 0 Å². The first kappa shape index (κ1) is 45.1. The fraction of sp³-hybridized carbons (Fsp3) is 0.116. The second-order valence-electron chi connectivity index (χ2n) is 11.0. The number of carbonyl (C=O) groups is 5. The Morgan fingerprint density at radius 3 is 1.22 bits per heavy atom. The van der Waals surface area contributed by atoms with E-state index in [4.69, 9.17) is 34.8 Å². The Morgan fingerprint density at radius 2 is 0.926 bits per heavy atom. The lowest BCUT2D eigenvalue weighted by atomic mass is 10.1. The van der Waals surface area contributed by atoms with Crippen LogP contribution in [-0.2, 0) is 23.9 Å². The van der Waals surface area contributed by atoms with Crippen molar-refractivity contribution >= 4 is 93.2 Å². The van der Waals surface area contributed by atoms with E-state index < -0.39 is 22.9 Å². The molecular weight excluding hydrogens is 766 g/mol. The summed E-state index contributed by atoms with van der Waals surface area (Å²) >= 11 is 14.4. The molecule has 280 valence electrons. The van der Waals surface area contributed by atoms with Gasteiger partial charge in [0, 0.05) is 18.1 Å². The Morgan fingerprint density at radius 1 is 0.593 bits per heavy atom. The molecule has 0 fully saturated rings. The van der Waals surface area contributed by atoms with Crippen LogP contribution in [0.2, 0.25) is 0 Å². The first-order chi connectivity index (χ1) is 26.0. The number of rotatable bonds is 11. The minimum Gasteiger partial charge on any atom is -0.463 e. The van der Waals surface area contributed by atoms with Crippen molar-refractivity contribution in [2.45, 2.75) is 18.1 Å². The predicted octanol–water partition coefficient (Wildman–Crippen LogP) is 8.39. The molecular formula is C43H40Cl3O7P. The van der Waals surface area contributed by atoms with Crippen LogP contribution in [-0.4, -0.2) is 53.6 Å². The van der Waals surface area contributed by atoms with E-state index in [0.717, 1.165) is 18.1 Å². The van der Waals surface area contributed by atoms with Crippen LogP contribution in [0.5, 0.6) is 0 Å². The van der Waals surface area contributed by atoms with Crippen molar-refractivity contribution in [3.8, 4) is 0 Å². The van der Waals surface area contributed by atoms with Gasteiger partial charge in [0.15, 0.2) is 15.9 Å². The van der Waals surface area contributed by atoms with Gasteiger partial charge in [-0.3, -0.25) is 19.2 Å². The van der Waals surface area contributed by atoms with Gasteiger partial charge in [0.2, 0.25) is 5.78 Å². The molecule has 0 spiro atoms. The highest BCUT2D eigenvalue weighted by Gasteiger charge is 2.26. The molecule has 0 aliphatic carbocycles. The second-order valence-corrected chi connectivity index (χ2v) is 16.2. The van der Waals surface area contributed by atoms with Crippen LogP contribution in [0.3, 0.4) is 0 Å². The number of benzene rings is 5. The first-order valence-corrected chi connectivity index (χ1v) is 19.5. The maximum atomic E-state index is 13.4. The molecule has 0 N–H and O–H groups in total. The zero-order valence-electron chi connectivity index (χ0n) is 29.9. The zero-order valence-corrected chi connectivity index (χ0v) is 33.1. The van der Waals surface area contributed by atoms with Gasteiger partial charge in [0.1, 0.15) is 6.61 Å². The Bertz CT molecular complexity index is 1880. The monoisotopic (exact) mass is 804 g/mol. The standard InChI is InChI=1S/C26H21OP.C12H12O3.C4H6O3.CHCl3/c27-26(22-13-5-1-6-14-22)21-28(23-15-7-2-8-16-23,24-17-9-3-10-18-24)25-19-11-4-12-20-25;1-10(8-15-9-13)7-12(14)11-5-3-2-4-6-11;1-3(5)4(6)7-2;2-1(3)4/h1-21H;2-7,9H,8H2,1H3;1-2H3;1H/b;10-7+;;. The largest absolute Gasteiger partial charge is 0.463 e. The summed E-state index contributed by atoms with van der Waals surface area (Å²) in [6.45, 7) is 1.17. The molecule has 0 bridgehead atoms. The van der Waals surface area contributed by atoms with Crippen molar-refractivity contribution in [1.29, 1.82) is 0 Å². The number of Topliss-reactive ketones (excluding diaryl/α,β-unsaturated/α-hetero) is 2. The van der Waals surface area contributed by atoms with E-state index in [-0.39, 0.29) is 18.2 Å². The molecule has 5 aromatic carbocycles. The normalized spacial score (nSPS) is 10.4. The molecule has 0 unspecified atom stereocenters. The van der Waals surface area contributed by atoms with Crippen LogP contribution in [0.1, 0.15) is 34.6 Å². The highest BCUT2D eigenvalue weighted by atomic mass is 35.6. The molecule has 5 rings (SSSR count). The van der Waals surface area contributed by atoms with Crippen LogP contribution >= 0.6 is 41.7 Å². The quantitative estimate of drug-likeness (QED) is 0.0251. The lowest BCUT2D eigenvalue weighted by molar-refractivity contribution is -0.150. The van der Waals surface area contributed by atoms with Crippen molar-refractivity contribution in [1.82, 2.24) is 0 Å². The van der Waals surface area contributed by atoms with Gasteiger partial charge in [-0.05, 0) is 47.2 Å². The Balaban J connectivity index is 0.000000324. The predicted molar refractivity (Wildman–Crippen MR) is 223 cm³/mol. The highest BCUT2D eigenvalue weighted by Crippen LogP contribution is 2.43. The molecule has 0 heterocycles. The van der Waals surface area contributed by atoms with Crippen LogP contribution in [0, 0.1) is 0 Å². The number of ether oxygens (including phenoxy) is 2. The van der Waals surface area contributed by atoms with Gasteiger partial charge in [0.05, 0.1) is 7.11 Å². The number of methoxy groups -OCH3 is 1. The molecule has 0 aromatic heterocycles. The Labute approximate surface area is 331 Å². The summed E-state index contributed by atoms with van der Waals surface area (Å²) in [5, 5.41) is 3.53. The van der Waals surface area contributed by atoms with E-state index in [1.807, 2.05) is 60.4 Å². The molecule has 5 aromatic rings. The minimum absolute atomic E-state index is 0.0606. The molecule has 0 aliphatic heterocycles. The molecule has 54 heavy (non-hydrogen) atoms. The topological polar surface area (TPSA) is 104 Å². The third-order valence-corrected chi connectivity index (χ3v) is 11.1. The first-order valence-electron chi connectivity index (χ1n) is 16.3. The van der Waals surface area contributed by atoms with Crippen molar-refractivity contribution in [2.24, 2.45) is 0 Å². The zero-order chi connectivity index (χ0) is 39.8. The van der Waals surface area contributed by atoms with Crippen LogP contribution in [0.25, 0.3) is 0 Å². The molecule has 0 atom stereocenters. The van der Waals surface area contributed by atoms with Crippen molar-refractivity contribution in [3.63, 3.8) is 0 Å². The van der Waals surface area contributed by atoms with Crippen LogP contribution < -0.4 is 15.9 Å². The van der Waals surface area contributed by atoms with Crippen LogP contribution in [0.4, 0.5) is 0 Å². The summed E-state index contributed by atoms with van der Waals surface area (Å²) in [5.41, 5.74) is 2.06. The molecule has 0 amide bonds. The molecule has 0 saturated heterocycles. The fourth-order valence-corrected chi connectivity index (χ4v) is 8.54. The number of hydrogen-bond donors (Lipinski definition) is 0. The van der Waals surface area contributed by atoms with E-state index in [2.05, 4.69) is 82.3 Å². The van der Waals surface area contributed by atoms with E-state index >= 15 is 0 Å². The Kier molecular flexibility index (Phi) is 20.9. The summed E-state index contributed by atoms with van der Waals surface area (Å²) in [6, 6.07) is 49.7. The number of halogens is 3. The molecule has 0 saturated carbocycles. The maximum Gasteiger partial charge on any atom is 0.374 e. The maximum absolute atomic E-state index is 13.4. The number of allylic oxidation sites excluding steroid dienone is 1. The van der Waals surface area contributed by atoms with Gasteiger partial charge in [-0.15, -0.1) is 0 Å². The van der Waals surface area contributed by atoms with Gasteiger partial charge in [0.25, 0.3) is 6.47 Å². The van der Waals surface area contributed by atoms with Crippen molar-refractivity contribution in [2.75, 3.05) is 13.7 Å². The lowest BCUT2D eigenvalue weighted by Crippen LogP contribution is -2.28. The average molecular weight is 806 g/mol. The summed E-state index contributed by atoms with van der Waals surface area (Å²) in [5.74, 6) is 0.595. The summed E-state index contributed by atoms with van der Waals surface area (Å²) in [4.78, 5) is 54.7. The van der Waals surface area contributed by atoms with Gasteiger partial charge >= 0.3 is 5.97 Å². The van der Waals surface area contributed by atoms with E-state index in [0.29, 0.717) is 12.0 Å². The highest BCUT2D eigenvalue weighted by molar-refractivity contribution is 7.95. The van der Waals surface area contributed by atoms with Gasteiger partial charge in [-0.25, -0.2) is 4.79 Å². The third-order valence-electron chi connectivity index (χ3n) is 7.15. The summed E-state index contributed by atoms with van der Waals surface area (Å²) < 4.78 is 7.80. The lowest BCUT2D eigenvalue weighted by Gasteiger charge is -2.28. The smallest absolute Gasteiger partial charge is 0.374 e. The summed E-state index contributed by atoms with van der Waals surface area (Å²) in [7, 11) is 1.17. The Hall–Kier alpha value is -5.04. The molecule has 7 nitrogen and oxygen atoms in total. The van der Waals surface area contributed by atoms with Crippen molar-refractivity contribution in [3.05, 3.63) is 174 Å². The number of esters is 1. The molecule has 11 heteroatoms. The molecule has 0 radical (unpaired) electrons. The fourth-order valence-electron chi connectivity index (χ4n) is 4.77. The second kappa shape index (κ2) is 25.1. The van der Waals surface area contributed by atoms with Gasteiger partial charge < -0.3 is 9.47 Å². The number of carbonyl (C=O) groups excluding carboxylic acids is 5. The van der Waals surface area contributed by atoms with Crippen LogP contribution in [0.15, 0.2) is 163 Å². The number of ketones is 3. The minimum atomic E-state index is -2.25. The number of alkyl halides is 3. The van der Waals surface area contributed by atoms with E-state index in [1.165, 1.54) is 29.1 Å². The average Bonchev–Trinajstić information content (AvgIpc) is 3.20. The van der Waals surface area contributed by atoms with Crippen molar-refractivity contribution < 1.29 is 33.4 Å². The summed E-state index contributed by atoms with van der Waals surface area (Å²) in [6.07, 6.45) is 1.47. The third kappa shape index (κ3) is 15.5. The van der Waals surface area contributed by atoms with E-state index in [9.17, 15) is 24.0 Å². The SMILES string of the molecule is C/C(=C\C(=O)c1ccccc1)COC=O.COC(=O)C(C)=O.ClC(Cl)Cl.O=C(C=P(c1ccccc1)(c1ccccc1)c1ccccc1)c1ccccc1.